The van der Waals surface area contributed by atoms with E-state index >= 15 is 0 Å². The molecule has 0 aliphatic carbocycles. The van der Waals surface area contributed by atoms with Gasteiger partial charge in [-0.3, -0.25) is 0 Å². The van der Waals surface area contributed by atoms with Crippen molar-refractivity contribution in [2.24, 2.45) is 0 Å². The van der Waals surface area contributed by atoms with Crippen molar-refractivity contribution < 1.29 is 19.1 Å². The molecule has 3 aromatic rings. The van der Waals surface area contributed by atoms with E-state index in [0.29, 0.717) is 24.2 Å². The van der Waals surface area contributed by atoms with Crippen LogP contribution in [-0.4, -0.2) is 33.2 Å². The Kier molecular flexibility index (Phi) is 6.11. The number of aromatic nitrogens is 2. The van der Waals surface area contributed by atoms with Crippen LogP contribution in [-0.2, 0) is 6.42 Å². The Morgan fingerprint density at radius 1 is 1.24 bits per heavy atom. The number of benzene rings is 2. The second-order valence-corrected chi connectivity index (χ2v) is 6.81. The summed E-state index contributed by atoms with van der Waals surface area (Å²) in [5, 5.41) is 14.5. The molecule has 0 fully saturated rings. The number of carbonyl (C=O) groups excluding carboxylic acids is 1. The number of hydrogen-bond donors (Lipinski definition) is 3. The number of fused-ring (bicyclic) bond motifs is 1. The minimum absolute atomic E-state index is 0.173. The zero-order valence-corrected chi connectivity index (χ0v) is 16.3. The number of aromatic carboxylic acids is 1. The van der Waals surface area contributed by atoms with Crippen LogP contribution < -0.4 is 10.6 Å². The van der Waals surface area contributed by atoms with Crippen LogP contribution in [0.1, 0.15) is 42.5 Å². The molecular weight excluding hydrogens is 375 g/mol. The van der Waals surface area contributed by atoms with Gasteiger partial charge in [-0.25, -0.2) is 19.0 Å². The highest BCUT2D eigenvalue weighted by molar-refractivity contribution is 5.92. The molecule has 8 heteroatoms. The van der Waals surface area contributed by atoms with E-state index in [-0.39, 0.29) is 11.6 Å². The molecule has 7 nitrogen and oxygen atoms in total. The topological polar surface area (TPSA) is 96.3 Å². The van der Waals surface area contributed by atoms with Gasteiger partial charge in [0.05, 0.1) is 16.6 Å². The number of hydrogen-bond acceptors (Lipinski definition) is 3. The predicted molar refractivity (Wildman–Crippen MR) is 109 cm³/mol. The molecule has 0 saturated carbocycles. The maximum Gasteiger partial charge on any atom is 0.335 e. The third-order valence-electron chi connectivity index (χ3n) is 4.76. The van der Waals surface area contributed by atoms with Crippen LogP contribution in [0.4, 0.5) is 14.9 Å². The van der Waals surface area contributed by atoms with Crippen molar-refractivity contribution in [1.82, 2.24) is 14.9 Å². The van der Waals surface area contributed by atoms with Gasteiger partial charge in [-0.15, -0.1) is 0 Å². The van der Waals surface area contributed by atoms with Gasteiger partial charge >= 0.3 is 12.0 Å². The summed E-state index contributed by atoms with van der Waals surface area (Å²) < 4.78 is 15.3. The maximum atomic E-state index is 13.2. The second-order valence-electron chi connectivity index (χ2n) is 6.81. The maximum absolute atomic E-state index is 13.2. The van der Waals surface area contributed by atoms with Crippen LogP contribution >= 0.6 is 0 Å². The summed E-state index contributed by atoms with van der Waals surface area (Å²) in [5.41, 5.74) is 2.04. The van der Waals surface area contributed by atoms with Gasteiger partial charge in [0.15, 0.2) is 0 Å². The van der Waals surface area contributed by atoms with Crippen LogP contribution in [0.15, 0.2) is 42.5 Å². The van der Waals surface area contributed by atoms with E-state index in [1.165, 1.54) is 18.2 Å². The second kappa shape index (κ2) is 8.72. The van der Waals surface area contributed by atoms with Crippen molar-refractivity contribution in [2.45, 2.75) is 32.7 Å². The first-order valence-electron chi connectivity index (χ1n) is 9.43. The molecular formula is C21H23FN4O3. The third-order valence-corrected chi connectivity index (χ3v) is 4.76. The van der Waals surface area contributed by atoms with E-state index in [4.69, 9.17) is 0 Å². The quantitative estimate of drug-likeness (QED) is 0.555. The summed E-state index contributed by atoms with van der Waals surface area (Å²) in [5.74, 6) is -0.657. The Hall–Kier alpha value is -3.42. The van der Waals surface area contributed by atoms with Crippen LogP contribution in [0, 0.1) is 5.82 Å². The average Bonchev–Trinajstić information content (AvgIpc) is 3.04. The lowest BCUT2D eigenvalue weighted by molar-refractivity contribution is 0.0697. The lowest BCUT2D eigenvalue weighted by Crippen LogP contribution is -2.31. The molecule has 1 heterocycles. The molecule has 0 radical (unpaired) electrons. The molecule has 152 valence electrons. The molecule has 2 amide bonds. The van der Waals surface area contributed by atoms with Gasteiger partial charge in [0.25, 0.3) is 0 Å². The van der Waals surface area contributed by atoms with Crippen LogP contribution in [0.2, 0.25) is 0 Å². The monoisotopic (exact) mass is 398 g/mol. The lowest BCUT2D eigenvalue weighted by Gasteiger charge is -2.16. The highest BCUT2D eigenvalue weighted by atomic mass is 19.1. The SMILES string of the molecule is CC[C@@H](C)n1c(CCNC(=O)Nc2cccc(F)c2)nc2cc(C(=O)O)ccc21. The average molecular weight is 398 g/mol. The molecule has 0 aliphatic rings. The number of anilines is 1. The van der Waals surface area contributed by atoms with Gasteiger partial charge in [0.1, 0.15) is 11.6 Å². The fraction of sp³-hybridized carbons (Fsp3) is 0.286. The Labute approximate surface area is 167 Å². The van der Waals surface area contributed by atoms with Crippen LogP contribution in [0.3, 0.4) is 0 Å². The molecule has 1 aromatic heterocycles. The first kappa shape index (κ1) is 20.3. The molecule has 0 saturated heterocycles. The number of rotatable bonds is 7. The van der Waals surface area contributed by atoms with Crippen molar-refractivity contribution in [3.8, 4) is 0 Å². The smallest absolute Gasteiger partial charge is 0.335 e. The predicted octanol–water partition coefficient (Wildman–Crippen LogP) is 4.21. The summed E-state index contributed by atoms with van der Waals surface area (Å²) in [6, 6.07) is 10.3. The van der Waals surface area contributed by atoms with E-state index < -0.39 is 17.8 Å². The lowest BCUT2D eigenvalue weighted by atomic mass is 10.2. The molecule has 2 aromatic carbocycles. The largest absolute Gasteiger partial charge is 0.478 e. The summed E-state index contributed by atoms with van der Waals surface area (Å²) in [6.45, 7) is 4.46. The number of amides is 2. The Morgan fingerprint density at radius 3 is 2.72 bits per heavy atom. The molecule has 0 bridgehead atoms. The Bertz CT molecular complexity index is 1050. The number of carboxylic acids is 1. The number of nitrogens with zero attached hydrogens (tertiary/aromatic N) is 2. The molecule has 29 heavy (non-hydrogen) atoms. The van der Waals surface area contributed by atoms with Crippen molar-refractivity contribution in [2.75, 3.05) is 11.9 Å². The number of carboxylic acid groups (broad SMARTS) is 1. The van der Waals surface area contributed by atoms with Crippen LogP contribution in [0.25, 0.3) is 11.0 Å². The highest BCUT2D eigenvalue weighted by Gasteiger charge is 2.16. The van der Waals surface area contributed by atoms with E-state index in [1.54, 1.807) is 24.3 Å². The van der Waals surface area contributed by atoms with E-state index in [2.05, 4.69) is 34.0 Å². The van der Waals surface area contributed by atoms with Gasteiger partial charge in [-0.05, 0) is 49.7 Å². The molecule has 0 aliphatic heterocycles. The van der Waals surface area contributed by atoms with E-state index in [9.17, 15) is 19.1 Å². The molecule has 1 atom stereocenters. The van der Waals surface area contributed by atoms with Gasteiger partial charge in [0, 0.05) is 24.7 Å². The van der Waals surface area contributed by atoms with Crippen molar-refractivity contribution >= 4 is 28.7 Å². The zero-order valence-electron chi connectivity index (χ0n) is 16.3. The highest BCUT2D eigenvalue weighted by Crippen LogP contribution is 2.24. The van der Waals surface area contributed by atoms with Crippen molar-refractivity contribution in [1.29, 1.82) is 0 Å². The van der Waals surface area contributed by atoms with E-state index in [1.807, 2.05) is 0 Å². The third kappa shape index (κ3) is 4.71. The summed E-state index contributed by atoms with van der Waals surface area (Å²) in [7, 11) is 0. The number of imidazole rings is 1. The summed E-state index contributed by atoms with van der Waals surface area (Å²) in [6.07, 6.45) is 1.35. The number of nitrogens with one attached hydrogen (secondary N) is 2. The first-order chi connectivity index (χ1) is 13.9. The van der Waals surface area contributed by atoms with Gasteiger partial charge in [0.2, 0.25) is 0 Å². The normalized spacial score (nSPS) is 12.0. The zero-order chi connectivity index (χ0) is 21.0. The van der Waals surface area contributed by atoms with Gasteiger partial charge in [-0.2, -0.15) is 0 Å². The molecule has 3 N–H and O–H groups in total. The van der Waals surface area contributed by atoms with Crippen molar-refractivity contribution in [3.05, 3.63) is 59.7 Å². The fourth-order valence-corrected chi connectivity index (χ4v) is 3.16. The Balaban J connectivity index is 1.73. The standard InChI is InChI=1S/C21H23FN4O3/c1-3-13(2)26-18-8-7-14(20(27)28)11-17(18)25-19(26)9-10-23-21(29)24-16-6-4-5-15(22)12-16/h4-8,11-13H,3,9-10H2,1-2H3,(H,27,28)(H2,23,24,29)/t13-/m1/s1. The number of halogens is 1. The minimum atomic E-state index is -0.998. The van der Waals surface area contributed by atoms with Crippen molar-refractivity contribution in [3.63, 3.8) is 0 Å². The molecule has 0 unspecified atom stereocenters. The minimum Gasteiger partial charge on any atom is -0.478 e. The fourth-order valence-electron chi connectivity index (χ4n) is 3.16. The van der Waals surface area contributed by atoms with Gasteiger partial charge < -0.3 is 20.3 Å². The van der Waals surface area contributed by atoms with Gasteiger partial charge in [-0.1, -0.05) is 13.0 Å². The first-order valence-corrected chi connectivity index (χ1v) is 9.43. The molecule has 3 rings (SSSR count). The van der Waals surface area contributed by atoms with Crippen LogP contribution in [0.5, 0.6) is 0 Å². The Morgan fingerprint density at radius 2 is 2.03 bits per heavy atom. The number of carbonyl (C=O) groups is 2. The molecule has 0 spiro atoms. The summed E-state index contributed by atoms with van der Waals surface area (Å²) >= 11 is 0. The number of urea groups is 1. The summed E-state index contributed by atoms with van der Waals surface area (Å²) in [4.78, 5) is 27.9. The van der Waals surface area contributed by atoms with E-state index in [0.717, 1.165) is 17.8 Å².